The molecule has 1 atom stereocenters. The van der Waals surface area contributed by atoms with E-state index in [-0.39, 0.29) is 19.1 Å². The van der Waals surface area contributed by atoms with Gasteiger partial charge in [0, 0.05) is 17.9 Å². The second-order valence-electron chi connectivity index (χ2n) is 6.23. The highest BCUT2D eigenvalue weighted by Crippen LogP contribution is 2.26. The minimum absolute atomic E-state index is 0.0214. The van der Waals surface area contributed by atoms with Gasteiger partial charge in [-0.1, -0.05) is 6.07 Å². The molecule has 140 valence electrons. The lowest BCUT2D eigenvalue weighted by atomic mass is 10.1. The number of ether oxygens (including phenoxy) is 1. The molecule has 6 nitrogen and oxygen atoms in total. The Morgan fingerprint density at radius 3 is 2.38 bits per heavy atom. The molecule has 9 heteroatoms. The number of aromatic nitrogens is 2. The average Bonchev–Trinajstić information content (AvgIpc) is 2.53. The van der Waals surface area contributed by atoms with Crippen LogP contribution >= 0.6 is 0 Å². The van der Waals surface area contributed by atoms with E-state index in [0.29, 0.717) is 12.8 Å². The zero-order valence-electron chi connectivity index (χ0n) is 14.4. The Morgan fingerprint density at radius 1 is 1.15 bits per heavy atom. The van der Waals surface area contributed by atoms with Crippen molar-refractivity contribution >= 4 is 10.0 Å². The lowest BCUT2D eigenvalue weighted by Crippen LogP contribution is -2.44. The molecule has 1 aromatic carbocycles. The summed E-state index contributed by atoms with van der Waals surface area (Å²) in [5, 5.41) is 0. The summed E-state index contributed by atoms with van der Waals surface area (Å²) in [7, 11) is -4.30. The van der Waals surface area contributed by atoms with Gasteiger partial charge in [0.25, 0.3) is 0 Å². The molecule has 2 aromatic rings. The Labute approximate surface area is 150 Å². The van der Waals surface area contributed by atoms with Crippen molar-refractivity contribution < 1.29 is 21.9 Å². The Morgan fingerprint density at radius 2 is 1.77 bits per heavy atom. The second kappa shape index (κ2) is 7.24. The summed E-state index contributed by atoms with van der Waals surface area (Å²) in [6.45, 7) is 3.76. The maximum Gasteiger partial charge on any atom is 0.317 e. The monoisotopic (exact) mass is 383 g/mol. The van der Waals surface area contributed by atoms with Crippen LogP contribution in [-0.4, -0.2) is 41.9 Å². The molecule has 0 spiro atoms. The van der Waals surface area contributed by atoms with Crippen LogP contribution in [0.15, 0.2) is 29.2 Å². The van der Waals surface area contributed by atoms with Gasteiger partial charge < -0.3 is 4.74 Å². The van der Waals surface area contributed by atoms with Crippen molar-refractivity contribution in [1.82, 2.24) is 14.3 Å². The van der Waals surface area contributed by atoms with Crippen LogP contribution in [-0.2, 0) is 10.0 Å². The first-order valence-corrected chi connectivity index (χ1v) is 9.64. The Balaban J connectivity index is 1.81. The highest BCUT2D eigenvalue weighted by molar-refractivity contribution is 7.89. The molecule has 0 N–H and O–H groups in total. The molecule has 1 fully saturated rings. The summed E-state index contributed by atoms with van der Waals surface area (Å²) >= 11 is 0. The molecular formula is C17H19F2N3O3S. The van der Waals surface area contributed by atoms with Crippen molar-refractivity contribution in [1.29, 1.82) is 0 Å². The van der Waals surface area contributed by atoms with Crippen molar-refractivity contribution in [3.05, 3.63) is 47.3 Å². The highest BCUT2D eigenvalue weighted by Gasteiger charge is 2.35. The minimum Gasteiger partial charge on any atom is -0.459 e. The molecule has 1 saturated heterocycles. The first kappa shape index (κ1) is 18.7. The molecule has 1 aliphatic heterocycles. The van der Waals surface area contributed by atoms with Gasteiger partial charge in [-0.05, 0) is 44.9 Å². The number of piperidine rings is 1. The molecule has 2 heterocycles. The van der Waals surface area contributed by atoms with Crippen LogP contribution in [0.5, 0.6) is 6.01 Å². The van der Waals surface area contributed by atoms with Crippen LogP contribution in [0.2, 0.25) is 0 Å². The largest absolute Gasteiger partial charge is 0.459 e. The number of benzene rings is 1. The fourth-order valence-corrected chi connectivity index (χ4v) is 4.59. The zero-order valence-corrected chi connectivity index (χ0v) is 15.3. The molecule has 1 aromatic heterocycles. The molecule has 1 unspecified atom stereocenters. The van der Waals surface area contributed by atoms with Crippen molar-refractivity contribution in [3.63, 3.8) is 0 Å². The minimum atomic E-state index is -4.30. The third kappa shape index (κ3) is 3.83. The van der Waals surface area contributed by atoms with Crippen LogP contribution in [0.1, 0.15) is 24.2 Å². The van der Waals surface area contributed by atoms with Crippen LogP contribution in [0, 0.1) is 25.5 Å². The van der Waals surface area contributed by atoms with Gasteiger partial charge >= 0.3 is 6.01 Å². The first-order valence-electron chi connectivity index (χ1n) is 8.20. The van der Waals surface area contributed by atoms with Crippen LogP contribution < -0.4 is 4.74 Å². The van der Waals surface area contributed by atoms with Crippen LogP contribution in [0.3, 0.4) is 0 Å². The molecule has 3 rings (SSSR count). The van der Waals surface area contributed by atoms with E-state index in [1.807, 2.05) is 0 Å². The summed E-state index contributed by atoms with van der Waals surface area (Å²) in [4.78, 5) is 7.43. The Kier molecular flexibility index (Phi) is 5.19. The highest BCUT2D eigenvalue weighted by atomic mass is 32.2. The van der Waals surface area contributed by atoms with E-state index in [1.165, 1.54) is 0 Å². The number of hydrogen-bond donors (Lipinski definition) is 0. The number of hydrogen-bond acceptors (Lipinski definition) is 5. The smallest absolute Gasteiger partial charge is 0.317 e. The predicted molar refractivity (Wildman–Crippen MR) is 90.3 cm³/mol. The van der Waals surface area contributed by atoms with Crippen molar-refractivity contribution in [2.75, 3.05) is 13.1 Å². The Bertz CT molecular complexity index is 881. The van der Waals surface area contributed by atoms with E-state index in [2.05, 4.69) is 9.97 Å². The van der Waals surface area contributed by atoms with Gasteiger partial charge in [0.05, 0.1) is 6.54 Å². The quantitative estimate of drug-likeness (QED) is 0.812. The van der Waals surface area contributed by atoms with E-state index < -0.39 is 32.7 Å². The molecule has 0 aliphatic carbocycles. The van der Waals surface area contributed by atoms with E-state index in [0.717, 1.165) is 33.9 Å². The molecule has 0 bridgehead atoms. The van der Waals surface area contributed by atoms with Crippen LogP contribution in [0.25, 0.3) is 0 Å². The standard InChI is InChI=1S/C17H19F2N3O3S/c1-11-9-12(2)21-17(20-11)25-13-5-4-8-22(10-13)26(23,24)16-14(18)6-3-7-15(16)19/h3,6-7,9,13H,4-5,8,10H2,1-2H3. The van der Waals surface area contributed by atoms with Crippen molar-refractivity contribution in [2.45, 2.75) is 37.7 Å². The maximum absolute atomic E-state index is 13.9. The topological polar surface area (TPSA) is 72.4 Å². The lowest BCUT2D eigenvalue weighted by molar-refractivity contribution is 0.118. The third-order valence-corrected chi connectivity index (χ3v) is 6.01. The number of aryl methyl sites for hydroxylation is 2. The fourth-order valence-electron chi connectivity index (χ4n) is 2.97. The summed E-state index contributed by atoms with van der Waals surface area (Å²) in [6, 6.07) is 4.95. The van der Waals surface area contributed by atoms with Crippen molar-refractivity contribution in [3.8, 4) is 6.01 Å². The fraction of sp³-hybridized carbons (Fsp3) is 0.412. The molecular weight excluding hydrogens is 364 g/mol. The normalized spacial score (nSPS) is 18.7. The summed E-state index contributed by atoms with van der Waals surface area (Å²) in [5.74, 6) is -2.21. The Hall–Kier alpha value is -2.13. The van der Waals surface area contributed by atoms with E-state index in [1.54, 1.807) is 19.9 Å². The molecule has 1 aliphatic rings. The summed E-state index contributed by atoms with van der Waals surface area (Å²) in [6.07, 6.45) is 0.613. The van der Waals surface area contributed by atoms with Gasteiger partial charge in [-0.15, -0.1) is 0 Å². The van der Waals surface area contributed by atoms with Gasteiger partial charge in [-0.25, -0.2) is 27.2 Å². The molecule has 0 saturated carbocycles. The van der Waals surface area contributed by atoms with Gasteiger partial charge in [0.15, 0.2) is 4.90 Å². The zero-order chi connectivity index (χ0) is 18.9. The summed E-state index contributed by atoms with van der Waals surface area (Å²) in [5.41, 5.74) is 1.47. The predicted octanol–water partition coefficient (Wildman–Crippen LogP) is 2.60. The van der Waals surface area contributed by atoms with Gasteiger partial charge in [-0.3, -0.25) is 0 Å². The molecule has 0 amide bonds. The van der Waals surface area contributed by atoms with Gasteiger partial charge in [0.1, 0.15) is 17.7 Å². The SMILES string of the molecule is Cc1cc(C)nc(OC2CCCN(S(=O)(=O)c3c(F)cccc3F)C2)n1. The second-order valence-corrected chi connectivity index (χ2v) is 8.10. The maximum atomic E-state index is 13.9. The van der Waals surface area contributed by atoms with Gasteiger partial charge in [-0.2, -0.15) is 4.31 Å². The van der Waals surface area contributed by atoms with E-state index in [9.17, 15) is 17.2 Å². The third-order valence-electron chi connectivity index (χ3n) is 4.09. The van der Waals surface area contributed by atoms with E-state index >= 15 is 0 Å². The van der Waals surface area contributed by atoms with Crippen LogP contribution in [0.4, 0.5) is 8.78 Å². The van der Waals surface area contributed by atoms with E-state index in [4.69, 9.17) is 4.74 Å². The number of sulfonamides is 1. The summed E-state index contributed by atoms with van der Waals surface area (Å²) < 4.78 is 60.0. The molecule has 0 radical (unpaired) electrons. The molecule has 26 heavy (non-hydrogen) atoms. The van der Waals surface area contributed by atoms with Gasteiger partial charge in [0.2, 0.25) is 10.0 Å². The average molecular weight is 383 g/mol. The lowest BCUT2D eigenvalue weighted by Gasteiger charge is -2.31. The first-order chi connectivity index (χ1) is 12.3. The number of halogens is 2. The number of rotatable bonds is 4. The number of nitrogens with zero attached hydrogens (tertiary/aromatic N) is 3. The van der Waals surface area contributed by atoms with Crippen molar-refractivity contribution in [2.24, 2.45) is 0 Å².